The summed E-state index contributed by atoms with van der Waals surface area (Å²) in [6, 6.07) is 11.9. The molecule has 0 heterocycles. The Kier molecular flexibility index (Phi) is 5.96. The molecule has 0 aliphatic rings. The standard InChI is InChI=1S/C19H24IO3P/c1-13-7-10-18(15(3)11-13)24(21,22-6)23-19(4,5)16-8-9-17(20)14(2)12-16/h7-12H,1-6H3. The third-order valence-corrected chi connectivity index (χ3v) is 7.57. The third kappa shape index (κ3) is 4.10. The lowest BCUT2D eigenvalue weighted by Crippen LogP contribution is -2.25. The normalized spacial score (nSPS) is 14.5. The van der Waals surface area contributed by atoms with Crippen LogP contribution in [0.2, 0.25) is 0 Å². The second kappa shape index (κ2) is 7.28. The molecule has 0 saturated heterocycles. The van der Waals surface area contributed by atoms with Gasteiger partial charge in [-0.25, -0.2) is 0 Å². The van der Waals surface area contributed by atoms with E-state index in [9.17, 15) is 4.57 Å². The number of rotatable bonds is 5. The van der Waals surface area contributed by atoms with Crippen LogP contribution in [0.4, 0.5) is 0 Å². The summed E-state index contributed by atoms with van der Waals surface area (Å²) in [7, 11) is -1.99. The topological polar surface area (TPSA) is 35.5 Å². The van der Waals surface area contributed by atoms with Gasteiger partial charge in [0.25, 0.3) is 0 Å². The van der Waals surface area contributed by atoms with E-state index in [1.807, 2.05) is 58.0 Å². The molecular formula is C19H24IO3P. The lowest BCUT2D eigenvalue weighted by Gasteiger charge is -2.31. The molecule has 0 bridgehead atoms. The van der Waals surface area contributed by atoms with Crippen LogP contribution in [-0.2, 0) is 19.2 Å². The number of benzene rings is 2. The van der Waals surface area contributed by atoms with Crippen LogP contribution in [0.15, 0.2) is 36.4 Å². The Bertz CT molecular complexity index is 799. The fourth-order valence-corrected chi connectivity index (χ4v) is 4.83. The van der Waals surface area contributed by atoms with Crippen LogP contribution in [0.1, 0.15) is 36.1 Å². The first-order valence-corrected chi connectivity index (χ1v) is 10.4. The van der Waals surface area contributed by atoms with Crippen LogP contribution in [0.25, 0.3) is 0 Å². The summed E-state index contributed by atoms with van der Waals surface area (Å²) in [5.74, 6) is 0. The average Bonchev–Trinajstić information content (AvgIpc) is 2.49. The molecule has 130 valence electrons. The van der Waals surface area contributed by atoms with E-state index >= 15 is 0 Å². The van der Waals surface area contributed by atoms with Crippen molar-refractivity contribution in [2.75, 3.05) is 7.11 Å². The molecule has 0 amide bonds. The highest BCUT2D eigenvalue weighted by atomic mass is 127. The smallest absolute Gasteiger partial charge is 0.309 e. The maximum Gasteiger partial charge on any atom is 0.362 e. The Morgan fingerprint density at radius 1 is 1.00 bits per heavy atom. The van der Waals surface area contributed by atoms with E-state index < -0.39 is 13.2 Å². The van der Waals surface area contributed by atoms with Gasteiger partial charge < -0.3 is 4.52 Å². The first kappa shape index (κ1) is 19.6. The van der Waals surface area contributed by atoms with Crippen LogP contribution in [-0.4, -0.2) is 7.11 Å². The van der Waals surface area contributed by atoms with E-state index in [-0.39, 0.29) is 0 Å². The van der Waals surface area contributed by atoms with Gasteiger partial charge in [0.05, 0.1) is 10.9 Å². The van der Waals surface area contributed by atoms with E-state index in [0.717, 1.165) is 16.7 Å². The molecule has 5 heteroatoms. The molecule has 2 rings (SSSR count). The SMILES string of the molecule is COP(=O)(OC(C)(C)c1ccc(I)c(C)c1)c1ccc(C)cc1C. The Morgan fingerprint density at radius 3 is 2.21 bits per heavy atom. The van der Waals surface area contributed by atoms with Crippen molar-refractivity contribution in [3.63, 3.8) is 0 Å². The van der Waals surface area contributed by atoms with Gasteiger partial charge in [0.1, 0.15) is 0 Å². The maximum absolute atomic E-state index is 13.4. The van der Waals surface area contributed by atoms with Gasteiger partial charge in [-0.3, -0.25) is 9.09 Å². The molecule has 3 nitrogen and oxygen atoms in total. The molecule has 2 aromatic rings. The summed E-state index contributed by atoms with van der Waals surface area (Å²) in [6.07, 6.45) is 0. The summed E-state index contributed by atoms with van der Waals surface area (Å²) in [5, 5.41) is 0.617. The third-order valence-electron chi connectivity index (χ3n) is 4.09. The second-order valence-electron chi connectivity index (χ2n) is 6.54. The Hall–Kier alpha value is -0.680. The minimum Gasteiger partial charge on any atom is -0.309 e. The van der Waals surface area contributed by atoms with Crippen molar-refractivity contribution in [3.05, 3.63) is 62.2 Å². The van der Waals surface area contributed by atoms with Gasteiger partial charge in [0, 0.05) is 10.7 Å². The van der Waals surface area contributed by atoms with Gasteiger partial charge in [0.2, 0.25) is 0 Å². The lowest BCUT2D eigenvalue weighted by atomic mass is 9.97. The van der Waals surface area contributed by atoms with Crippen molar-refractivity contribution in [1.29, 1.82) is 0 Å². The molecular weight excluding hydrogens is 434 g/mol. The van der Waals surface area contributed by atoms with Crippen molar-refractivity contribution >= 4 is 35.5 Å². The highest BCUT2D eigenvalue weighted by Crippen LogP contribution is 2.52. The largest absolute Gasteiger partial charge is 0.362 e. The summed E-state index contributed by atoms with van der Waals surface area (Å²) < 4.78 is 26.1. The van der Waals surface area contributed by atoms with Gasteiger partial charge in [-0.1, -0.05) is 29.8 Å². The number of aryl methyl sites for hydroxylation is 3. The van der Waals surface area contributed by atoms with E-state index in [2.05, 4.69) is 35.6 Å². The first-order chi connectivity index (χ1) is 11.1. The van der Waals surface area contributed by atoms with Crippen molar-refractivity contribution < 1.29 is 13.6 Å². The summed E-state index contributed by atoms with van der Waals surface area (Å²) in [4.78, 5) is 0. The predicted octanol–water partition coefficient (Wildman–Crippen LogP) is 5.63. The van der Waals surface area contributed by atoms with E-state index in [1.165, 1.54) is 16.2 Å². The molecule has 0 aromatic heterocycles. The van der Waals surface area contributed by atoms with E-state index in [1.54, 1.807) is 0 Å². The molecule has 0 radical (unpaired) electrons. The molecule has 0 aliphatic heterocycles. The molecule has 0 spiro atoms. The zero-order chi connectivity index (χ0) is 18.1. The summed E-state index contributed by atoms with van der Waals surface area (Å²) in [6.45, 7) is 9.84. The van der Waals surface area contributed by atoms with Gasteiger partial charge in [-0.15, -0.1) is 0 Å². The molecule has 1 atom stereocenters. The average molecular weight is 458 g/mol. The van der Waals surface area contributed by atoms with Crippen LogP contribution < -0.4 is 5.30 Å². The van der Waals surface area contributed by atoms with E-state index in [4.69, 9.17) is 9.05 Å². The molecule has 0 saturated carbocycles. The van der Waals surface area contributed by atoms with Gasteiger partial charge in [-0.2, -0.15) is 0 Å². The van der Waals surface area contributed by atoms with Crippen molar-refractivity contribution in [2.45, 2.75) is 40.2 Å². The molecule has 2 aromatic carbocycles. The monoisotopic (exact) mass is 458 g/mol. The molecule has 1 unspecified atom stereocenters. The van der Waals surface area contributed by atoms with Crippen LogP contribution in [0, 0.1) is 24.3 Å². The minimum atomic E-state index is -3.43. The van der Waals surface area contributed by atoms with E-state index in [0.29, 0.717) is 5.30 Å². The highest BCUT2D eigenvalue weighted by molar-refractivity contribution is 14.1. The number of hydrogen-bond donors (Lipinski definition) is 0. The molecule has 0 N–H and O–H groups in total. The quantitative estimate of drug-likeness (QED) is 0.430. The fourth-order valence-electron chi connectivity index (χ4n) is 2.67. The first-order valence-electron chi connectivity index (χ1n) is 7.80. The fraction of sp³-hybridized carbons (Fsp3) is 0.368. The number of halogens is 1. The van der Waals surface area contributed by atoms with Crippen LogP contribution in [0.5, 0.6) is 0 Å². The number of hydrogen-bond acceptors (Lipinski definition) is 3. The second-order valence-corrected chi connectivity index (χ2v) is 9.72. The molecule has 24 heavy (non-hydrogen) atoms. The zero-order valence-corrected chi connectivity index (χ0v) is 18.1. The zero-order valence-electron chi connectivity index (χ0n) is 15.0. The van der Waals surface area contributed by atoms with Gasteiger partial charge in [-0.05, 0) is 86.0 Å². The highest BCUT2D eigenvalue weighted by Gasteiger charge is 2.36. The lowest BCUT2D eigenvalue weighted by molar-refractivity contribution is 0.0887. The summed E-state index contributed by atoms with van der Waals surface area (Å²) >= 11 is 2.30. The Balaban J connectivity index is 2.43. The minimum absolute atomic E-state index is 0.617. The van der Waals surface area contributed by atoms with Gasteiger partial charge in [0.15, 0.2) is 0 Å². The van der Waals surface area contributed by atoms with Crippen molar-refractivity contribution in [2.24, 2.45) is 0 Å². The predicted molar refractivity (Wildman–Crippen MR) is 108 cm³/mol. The van der Waals surface area contributed by atoms with Crippen molar-refractivity contribution in [3.8, 4) is 0 Å². The van der Waals surface area contributed by atoms with Crippen LogP contribution in [0.3, 0.4) is 0 Å². The summed E-state index contributed by atoms with van der Waals surface area (Å²) in [5.41, 5.74) is 3.44. The molecule has 0 aliphatic carbocycles. The Morgan fingerprint density at radius 2 is 1.67 bits per heavy atom. The van der Waals surface area contributed by atoms with Crippen molar-refractivity contribution in [1.82, 2.24) is 0 Å². The van der Waals surface area contributed by atoms with Crippen LogP contribution >= 0.6 is 30.2 Å². The maximum atomic E-state index is 13.4. The Labute approximate surface area is 158 Å². The molecule has 0 fully saturated rings. The van der Waals surface area contributed by atoms with Gasteiger partial charge >= 0.3 is 7.60 Å².